The number of rotatable bonds is 7. The number of aromatic nitrogens is 5. The minimum absolute atomic E-state index is 0.0899. The lowest BCUT2D eigenvalue weighted by atomic mass is 9.97. The largest absolute Gasteiger partial charge is 0.294 e. The van der Waals surface area contributed by atoms with Gasteiger partial charge in [-0.15, -0.1) is 0 Å². The van der Waals surface area contributed by atoms with E-state index >= 15 is 0 Å². The van der Waals surface area contributed by atoms with Gasteiger partial charge in [0, 0.05) is 26.7 Å². The maximum absolute atomic E-state index is 6.72. The van der Waals surface area contributed by atoms with E-state index in [-0.39, 0.29) is 10.8 Å². The second-order valence-corrected chi connectivity index (χ2v) is 12.2. The highest BCUT2D eigenvalue weighted by molar-refractivity contribution is 8.14. The predicted octanol–water partition coefficient (Wildman–Crippen LogP) is 7.52. The molecular formula is C29H22Cl3N7S. The second kappa shape index (κ2) is 10.3. The van der Waals surface area contributed by atoms with Crippen LogP contribution in [0.3, 0.4) is 0 Å². The molecule has 1 unspecified atom stereocenters. The molecule has 1 saturated carbocycles. The van der Waals surface area contributed by atoms with Crippen LogP contribution < -0.4 is 5.43 Å². The monoisotopic (exact) mass is 605 g/mol. The fourth-order valence-corrected chi connectivity index (χ4v) is 6.88. The van der Waals surface area contributed by atoms with E-state index in [1.807, 2.05) is 60.7 Å². The summed E-state index contributed by atoms with van der Waals surface area (Å²) in [4.78, 5) is 9.40. The summed E-state index contributed by atoms with van der Waals surface area (Å²) in [7, 11) is 0. The van der Waals surface area contributed by atoms with Crippen LogP contribution in [0.4, 0.5) is 0 Å². The smallest absolute Gasteiger partial charge is 0.146 e. The molecular weight excluding hydrogens is 585 g/mol. The molecule has 7 rings (SSSR count). The number of nitrogens with zero attached hydrogens (tertiary/aromatic N) is 6. The highest BCUT2D eigenvalue weighted by Crippen LogP contribution is 2.55. The van der Waals surface area contributed by atoms with Crippen molar-refractivity contribution in [1.29, 1.82) is 0 Å². The van der Waals surface area contributed by atoms with Crippen molar-refractivity contribution in [3.8, 4) is 17.1 Å². The molecule has 11 heteroatoms. The number of imidazole rings is 1. The molecule has 2 aromatic heterocycles. The summed E-state index contributed by atoms with van der Waals surface area (Å²) in [5.41, 5.74) is 8.07. The number of benzene rings is 3. The first kappa shape index (κ1) is 25.7. The molecule has 200 valence electrons. The summed E-state index contributed by atoms with van der Waals surface area (Å²) in [6.45, 7) is 0.450. The van der Waals surface area contributed by atoms with Gasteiger partial charge in [0.25, 0.3) is 0 Å². The van der Waals surface area contributed by atoms with Crippen LogP contribution in [0, 0.1) is 0 Å². The molecule has 1 N–H and O–H groups in total. The van der Waals surface area contributed by atoms with Gasteiger partial charge in [0.2, 0.25) is 0 Å². The van der Waals surface area contributed by atoms with Crippen LogP contribution in [-0.4, -0.2) is 29.4 Å². The van der Waals surface area contributed by atoms with Crippen molar-refractivity contribution in [2.75, 3.05) is 0 Å². The third-order valence-corrected chi connectivity index (χ3v) is 9.40. The quantitative estimate of drug-likeness (QED) is 0.207. The molecule has 1 aliphatic heterocycles. The summed E-state index contributed by atoms with van der Waals surface area (Å²) in [5.74, 6) is 0.729. The van der Waals surface area contributed by atoms with Crippen LogP contribution in [0.5, 0.6) is 0 Å². The van der Waals surface area contributed by atoms with E-state index in [2.05, 4.69) is 32.2 Å². The standard InChI is InChI=1S/C29H22Cl3N7S/c30-19-7-5-18(6-8-19)29(13-14-29)28-37-36-27(40-28)25-24(15-38-17-33-16-34-38)39(21-11-9-20(31)10-12-21)26(35-25)22-3-1-2-4-23(22)32/h1-12,16-17,27,36H,13-15H2. The van der Waals surface area contributed by atoms with Gasteiger partial charge >= 0.3 is 0 Å². The van der Waals surface area contributed by atoms with Crippen molar-refractivity contribution in [3.05, 3.63) is 117 Å². The lowest BCUT2D eigenvalue weighted by Gasteiger charge is -2.16. The first-order valence-electron chi connectivity index (χ1n) is 12.7. The van der Waals surface area contributed by atoms with Gasteiger partial charge in [-0.25, -0.2) is 14.6 Å². The average molecular weight is 607 g/mol. The zero-order valence-corrected chi connectivity index (χ0v) is 24.1. The predicted molar refractivity (Wildman–Crippen MR) is 161 cm³/mol. The third-order valence-electron chi connectivity index (χ3n) is 7.30. The molecule has 0 saturated heterocycles. The average Bonchev–Trinajstić information content (AvgIpc) is 3.29. The van der Waals surface area contributed by atoms with Crippen molar-refractivity contribution < 1.29 is 0 Å². The second-order valence-electron chi connectivity index (χ2n) is 9.79. The lowest BCUT2D eigenvalue weighted by molar-refractivity contribution is 0.641. The number of nitrogens with one attached hydrogen (secondary N) is 1. The van der Waals surface area contributed by atoms with Gasteiger partial charge in [-0.05, 0) is 66.9 Å². The number of hydrazone groups is 1. The molecule has 0 bridgehead atoms. The van der Waals surface area contributed by atoms with Crippen LogP contribution in [0.1, 0.15) is 35.2 Å². The first-order valence-corrected chi connectivity index (χ1v) is 14.7. The highest BCUT2D eigenvalue weighted by atomic mass is 35.5. The Balaban J connectivity index is 1.34. The van der Waals surface area contributed by atoms with Crippen molar-refractivity contribution in [1.82, 2.24) is 29.7 Å². The molecule has 0 spiro atoms. The maximum atomic E-state index is 6.72. The highest BCUT2D eigenvalue weighted by Gasteiger charge is 2.52. The summed E-state index contributed by atoms with van der Waals surface area (Å²) in [5, 5.41) is 12.1. The zero-order chi connectivity index (χ0) is 27.3. The van der Waals surface area contributed by atoms with Crippen LogP contribution in [0.2, 0.25) is 15.1 Å². The Hall–Kier alpha value is -3.30. The van der Waals surface area contributed by atoms with Crippen molar-refractivity contribution in [2.24, 2.45) is 5.10 Å². The van der Waals surface area contributed by atoms with E-state index < -0.39 is 0 Å². The van der Waals surface area contributed by atoms with Gasteiger partial charge in [0.15, 0.2) is 0 Å². The van der Waals surface area contributed by atoms with Crippen LogP contribution in [0.25, 0.3) is 17.1 Å². The van der Waals surface area contributed by atoms with Gasteiger partial charge in [-0.3, -0.25) is 9.99 Å². The lowest BCUT2D eigenvalue weighted by Crippen LogP contribution is -2.16. The summed E-state index contributed by atoms with van der Waals surface area (Å²) < 4.78 is 3.92. The van der Waals surface area contributed by atoms with E-state index in [0.717, 1.165) is 51.4 Å². The van der Waals surface area contributed by atoms with E-state index in [1.54, 1.807) is 22.8 Å². The maximum Gasteiger partial charge on any atom is 0.146 e. The summed E-state index contributed by atoms with van der Waals surface area (Å²) in [6.07, 6.45) is 5.33. The molecule has 3 heterocycles. The van der Waals surface area contributed by atoms with E-state index in [9.17, 15) is 0 Å². The fraction of sp³-hybridized carbons (Fsp3) is 0.172. The van der Waals surface area contributed by atoms with Gasteiger partial charge in [-0.2, -0.15) is 10.2 Å². The van der Waals surface area contributed by atoms with Crippen molar-refractivity contribution >= 4 is 51.6 Å². The molecule has 1 aliphatic carbocycles. The molecule has 0 amide bonds. The Kier molecular flexibility index (Phi) is 6.59. The Bertz CT molecular complexity index is 1710. The van der Waals surface area contributed by atoms with E-state index in [4.69, 9.17) is 44.9 Å². The van der Waals surface area contributed by atoms with Gasteiger partial charge in [-0.1, -0.05) is 70.8 Å². The molecule has 40 heavy (non-hydrogen) atoms. The zero-order valence-electron chi connectivity index (χ0n) is 21.0. The molecule has 2 aliphatic rings. The van der Waals surface area contributed by atoms with Crippen molar-refractivity contribution in [2.45, 2.75) is 30.2 Å². The van der Waals surface area contributed by atoms with E-state index in [0.29, 0.717) is 16.6 Å². The first-order chi connectivity index (χ1) is 19.5. The minimum atomic E-state index is -0.201. The molecule has 0 radical (unpaired) electrons. The Morgan fingerprint density at radius 1 is 0.925 bits per heavy atom. The minimum Gasteiger partial charge on any atom is -0.294 e. The number of thioether (sulfide) groups is 1. The van der Waals surface area contributed by atoms with Gasteiger partial charge in [0.05, 0.1) is 23.0 Å². The Morgan fingerprint density at radius 2 is 1.65 bits per heavy atom. The molecule has 1 fully saturated rings. The Labute approximate surface area is 250 Å². The number of hydrogen-bond acceptors (Lipinski definition) is 6. The van der Waals surface area contributed by atoms with Gasteiger partial charge < -0.3 is 0 Å². The van der Waals surface area contributed by atoms with E-state index in [1.165, 1.54) is 11.9 Å². The van der Waals surface area contributed by atoms with Crippen molar-refractivity contribution in [3.63, 3.8) is 0 Å². The molecule has 5 aromatic rings. The summed E-state index contributed by atoms with van der Waals surface area (Å²) in [6, 6.07) is 23.6. The van der Waals surface area contributed by atoms with Crippen LogP contribution >= 0.6 is 46.6 Å². The normalized spacial score (nSPS) is 17.5. The van der Waals surface area contributed by atoms with Gasteiger partial charge in [0.1, 0.15) is 28.9 Å². The Morgan fingerprint density at radius 3 is 2.33 bits per heavy atom. The molecule has 1 atom stereocenters. The SMILES string of the molecule is Clc1ccc(-n2c(-c3ccccc3Cl)nc(C3NN=C(C4(c5ccc(Cl)cc5)CC4)S3)c2Cn2cncn2)cc1. The number of halogens is 3. The number of hydrogen-bond donors (Lipinski definition) is 1. The summed E-state index contributed by atoms with van der Waals surface area (Å²) >= 11 is 20.9. The third kappa shape index (κ3) is 4.59. The fourth-order valence-electron chi connectivity index (χ4n) is 5.13. The molecule has 3 aromatic carbocycles. The topological polar surface area (TPSA) is 72.9 Å². The molecule has 7 nitrogen and oxygen atoms in total. The van der Waals surface area contributed by atoms with Crippen LogP contribution in [0.15, 0.2) is 90.6 Å². The van der Waals surface area contributed by atoms with Crippen LogP contribution in [-0.2, 0) is 12.0 Å².